The van der Waals surface area contributed by atoms with Crippen molar-refractivity contribution in [3.63, 3.8) is 0 Å². The van der Waals surface area contributed by atoms with Gasteiger partial charge in [0.15, 0.2) is 0 Å². The molecule has 1 atom stereocenters. The first-order chi connectivity index (χ1) is 5.65. The summed E-state index contributed by atoms with van der Waals surface area (Å²) in [5.41, 5.74) is 7.79. The highest BCUT2D eigenvalue weighted by molar-refractivity contribution is 9.10. The molecule has 1 unspecified atom stereocenters. The van der Waals surface area contributed by atoms with Crippen LogP contribution in [-0.4, -0.2) is 11.7 Å². The maximum atomic E-state index is 8.84. The van der Waals surface area contributed by atoms with Crippen LogP contribution in [0.15, 0.2) is 22.7 Å². The SMILES string of the molecule is Cc1ccc(C(N)CO)c(Br)c1. The van der Waals surface area contributed by atoms with E-state index in [0.29, 0.717) is 0 Å². The van der Waals surface area contributed by atoms with Gasteiger partial charge >= 0.3 is 0 Å². The molecule has 0 amide bonds. The Morgan fingerprint density at radius 1 is 1.58 bits per heavy atom. The van der Waals surface area contributed by atoms with Crippen molar-refractivity contribution in [1.29, 1.82) is 0 Å². The van der Waals surface area contributed by atoms with Gasteiger partial charge in [-0.2, -0.15) is 0 Å². The van der Waals surface area contributed by atoms with Crippen LogP contribution in [0.25, 0.3) is 0 Å². The molecule has 0 heterocycles. The van der Waals surface area contributed by atoms with Gasteiger partial charge in [-0.25, -0.2) is 0 Å². The summed E-state index contributed by atoms with van der Waals surface area (Å²) in [5, 5.41) is 8.84. The molecule has 3 N–H and O–H groups in total. The van der Waals surface area contributed by atoms with Gasteiger partial charge in [0, 0.05) is 4.47 Å². The van der Waals surface area contributed by atoms with E-state index in [2.05, 4.69) is 15.9 Å². The molecule has 0 aliphatic rings. The Morgan fingerprint density at radius 3 is 2.75 bits per heavy atom. The monoisotopic (exact) mass is 229 g/mol. The minimum Gasteiger partial charge on any atom is -0.394 e. The van der Waals surface area contributed by atoms with Crippen LogP contribution in [-0.2, 0) is 0 Å². The van der Waals surface area contributed by atoms with E-state index in [4.69, 9.17) is 10.8 Å². The standard InChI is InChI=1S/C9H12BrNO/c1-6-2-3-7(8(10)4-6)9(11)5-12/h2-4,9,12H,5,11H2,1H3. The Hall–Kier alpha value is -0.380. The zero-order chi connectivity index (χ0) is 9.14. The maximum Gasteiger partial charge on any atom is 0.0624 e. The van der Waals surface area contributed by atoms with Gasteiger partial charge in [-0.15, -0.1) is 0 Å². The van der Waals surface area contributed by atoms with Gasteiger partial charge in [0.1, 0.15) is 0 Å². The van der Waals surface area contributed by atoms with E-state index in [-0.39, 0.29) is 12.6 Å². The topological polar surface area (TPSA) is 46.2 Å². The minimum atomic E-state index is -0.292. The molecule has 0 aliphatic carbocycles. The normalized spacial score (nSPS) is 13.0. The van der Waals surface area contributed by atoms with Crippen molar-refractivity contribution in [1.82, 2.24) is 0 Å². The van der Waals surface area contributed by atoms with Crippen molar-refractivity contribution < 1.29 is 5.11 Å². The molecular formula is C9H12BrNO. The molecule has 0 aromatic heterocycles. The van der Waals surface area contributed by atoms with Crippen molar-refractivity contribution in [2.45, 2.75) is 13.0 Å². The second kappa shape index (κ2) is 4.03. The number of aliphatic hydroxyl groups is 1. The van der Waals surface area contributed by atoms with Crippen LogP contribution >= 0.6 is 15.9 Å². The summed E-state index contributed by atoms with van der Waals surface area (Å²) in [6.45, 7) is 1.99. The lowest BCUT2D eigenvalue weighted by molar-refractivity contribution is 0.267. The van der Waals surface area contributed by atoms with Crippen molar-refractivity contribution in [3.05, 3.63) is 33.8 Å². The highest BCUT2D eigenvalue weighted by atomic mass is 79.9. The molecule has 0 radical (unpaired) electrons. The Bertz CT molecular complexity index is 275. The van der Waals surface area contributed by atoms with E-state index in [9.17, 15) is 0 Å². The Labute approximate surface area is 80.5 Å². The fourth-order valence-electron chi connectivity index (χ4n) is 1.03. The number of benzene rings is 1. The van der Waals surface area contributed by atoms with Gasteiger partial charge < -0.3 is 10.8 Å². The molecule has 1 aromatic carbocycles. The Morgan fingerprint density at radius 2 is 2.25 bits per heavy atom. The summed E-state index contributed by atoms with van der Waals surface area (Å²) in [4.78, 5) is 0. The van der Waals surface area contributed by atoms with Crippen LogP contribution in [0.2, 0.25) is 0 Å². The summed E-state index contributed by atoms with van der Waals surface area (Å²) in [6, 6.07) is 5.61. The average Bonchev–Trinajstić information content (AvgIpc) is 2.03. The predicted molar refractivity (Wildman–Crippen MR) is 52.9 cm³/mol. The van der Waals surface area contributed by atoms with Gasteiger partial charge in [0.25, 0.3) is 0 Å². The summed E-state index contributed by atoms with van der Waals surface area (Å²) >= 11 is 3.40. The highest BCUT2D eigenvalue weighted by Gasteiger charge is 2.07. The van der Waals surface area contributed by atoms with Gasteiger partial charge in [-0.3, -0.25) is 0 Å². The summed E-state index contributed by atoms with van der Waals surface area (Å²) < 4.78 is 0.962. The van der Waals surface area contributed by atoms with Crippen LogP contribution in [0.5, 0.6) is 0 Å². The molecule has 2 nitrogen and oxygen atoms in total. The second-order valence-corrected chi connectivity index (χ2v) is 3.67. The quantitative estimate of drug-likeness (QED) is 0.812. The fourth-order valence-corrected chi connectivity index (χ4v) is 1.82. The second-order valence-electron chi connectivity index (χ2n) is 2.81. The maximum absolute atomic E-state index is 8.84. The molecule has 0 aliphatic heterocycles. The van der Waals surface area contributed by atoms with Crippen LogP contribution in [0.1, 0.15) is 17.2 Å². The van der Waals surface area contributed by atoms with Crippen LogP contribution in [0.4, 0.5) is 0 Å². The molecule has 0 bridgehead atoms. The first-order valence-electron chi connectivity index (χ1n) is 3.77. The zero-order valence-electron chi connectivity index (χ0n) is 6.92. The van der Waals surface area contributed by atoms with E-state index in [1.807, 2.05) is 25.1 Å². The minimum absolute atomic E-state index is 0.0261. The lowest BCUT2D eigenvalue weighted by Gasteiger charge is -2.10. The molecule has 1 rings (SSSR count). The lowest BCUT2D eigenvalue weighted by Crippen LogP contribution is -2.14. The largest absolute Gasteiger partial charge is 0.394 e. The number of hydrogen-bond donors (Lipinski definition) is 2. The van der Waals surface area contributed by atoms with Crippen molar-refractivity contribution in [2.24, 2.45) is 5.73 Å². The number of hydrogen-bond acceptors (Lipinski definition) is 2. The van der Waals surface area contributed by atoms with Crippen LogP contribution in [0, 0.1) is 6.92 Å². The number of aliphatic hydroxyl groups excluding tert-OH is 1. The number of halogens is 1. The number of rotatable bonds is 2. The third-order valence-electron chi connectivity index (χ3n) is 1.75. The smallest absolute Gasteiger partial charge is 0.0624 e. The molecule has 0 spiro atoms. The van der Waals surface area contributed by atoms with E-state index in [1.54, 1.807) is 0 Å². The average molecular weight is 230 g/mol. The molecule has 12 heavy (non-hydrogen) atoms. The van der Waals surface area contributed by atoms with E-state index in [0.717, 1.165) is 10.0 Å². The predicted octanol–water partition coefficient (Wildman–Crippen LogP) is 1.75. The van der Waals surface area contributed by atoms with E-state index in [1.165, 1.54) is 5.56 Å². The van der Waals surface area contributed by atoms with Gasteiger partial charge in [-0.05, 0) is 24.1 Å². The van der Waals surface area contributed by atoms with Crippen LogP contribution < -0.4 is 5.73 Å². The molecule has 3 heteroatoms. The third-order valence-corrected chi connectivity index (χ3v) is 2.44. The van der Waals surface area contributed by atoms with Gasteiger partial charge in [-0.1, -0.05) is 28.1 Å². The number of aryl methyl sites for hydroxylation is 1. The molecular weight excluding hydrogens is 218 g/mol. The van der Waals surface area contributed by atoms with Crippen molar-refractivity contribution in [2.75, 3.05) is 6.61 Å². The van der Waals surface area contributed by atoms with Crippen LogP contribution in [0.3, 0.4) is 0 Å². The number of nitrogens with two attached hydrogens (primary N) is 1. The molecule has 0 fully saturated rings. The summed E-state index contributed by atoms with van der Waals surface area (Å²) in [6.07, 6.45) is 0. The zero-order valence-corrected chi connectivity index (χ0v) is 8.51. The molecule has 0 saturated heterocycles. The first-order valence-corrected chi connectivity index (χ1v) is 4.57. The summed E-state index contributed by atoms with van der Waals surface area (Å²) in [5.74, 6) is 0. The lowest BCUT2D eigenvalue weighted by atomic mass is 10.1. The fraction of sp³-hybridized carbons (Fsp3) is 0.333. The van der Waals surface area contributed by atoms with E-state index >= 15 is 0 Å². The summed E-state index contributed by atoms with van der Waals surface area (Å²) in [7, 11) is 0. The van der Waals surface area contributed by atoms with Gasteiger partial charge in [0.05, 0.1) is 12.6 Å². The molecule has 1 aromatic rings. The first kappa shape index (κ1) is 9.71. The van der Waals surface area contributed by atoms with Crippen molar-refractivity contribution >= 4 is 15.9 Å². The van der Waals surface area contributed by atoms with Crippen molar-refractivity contribution in [3.8, 4) is 0 Å². The Balaban J connectivity index is 3.01. The van der Waals surface area contributed by atoms with Gasteiger partial charge in [0.2, 0.25) is 0 Å². The molecule has 66 valence electrons. The highest BCUT2D eigenvalue weighted by Crippen LogP contribution is 2.22. The Kier molecular flexibility index (Phi) is 3.26. The van der Waals surface area contributed by atoms with E-state index < -0.39 is 0 Å². The molecule has 0 saturated carbocycles. The third kappa shape index (κ3) is 2.06.